The zero-order chi connectivity index (χ0) is 14.7. The molecular formula is C14H12Cl2FNO2. The molecule has 6 heteroatoms. The molecule has 1 unspecified atom stereocenters. The van der Waals surface area contributed by atoms with Crippen LogP contribution in [0.3, 0.4) is 0 Å². The lowest BCUT2D eigenvalue weighted by molar-refractivity contribution is 0.173. The van der Waals surface area contributed by atoms with E-state index in [9.17, 15) is 9.50 Å². The van der Waals surface area contributed by atoms with E-state index in [1.807, 2.05) is 0 Å². The summed E-state index contributed by atoms with van der Waals surface area (Å²) >= 11 is 11.7. The van der Waals surface area contributed by atoms with Gasteiger partial charge in [-0.2, -0.15) is 0 Å². The van der Waals surface area contributed by atoms with E-state index in [4.69, 9.17) is 27.9 Å². The molecule has 0 aliphatic carbocycles. The summed E-state index contributed by atoms with van der Waals surface area (Å²) < 4.78 is 18.4. The normalized spacial score (nSPS) is 12.2. The third-order valence-electron chi connectivity index (χ3n) is 2.80. The van der Waals surface area contributed by atoms with Crippen LogP contribution in [0.1, 0.15) is 17.4 Å². The van der Waals surface area contributed by atoms with Crippen LogP contribution in [0.2, 0.25) is 10.0 Å². The number of pyridine rings is 1. The summed E-state index contributed by atoms with van der Waals surface area (Å²) in [6, 6.07) is 6.00. The van der Waals surface area contributed by atoms with Crippen LogP contribution in [0, 0.1) is 5.82 Å². The Labute approximate surface area is 125 Å². The van der Waals surface area contributed by atoms with Gasteiger partial charge in [0.1, 0.15) is 6.10 Å². The number of ether oxygens (including phenoxy) is 1. The van der Waals surface area contributed by atoms with E-state index in [2.05, 4.69) is 4.98 Å². The van der Waals surface area contributed by atoms with Crippen molar-refractivity contribution in [2.24, 2.45) is 0 Å². The van der Waals surface area contributed by atoms with Crippen molar-refractivity contribution in [3.05, 3.63) is 57.6 Å². The van der Waals surface area contributed by atoms with E-state index in [1.54, 1.807) is 6.07 Å². The van der Waals surface area contributed by atoms with Crippen LogP contribution in [0.5, 0.6) is 5.75 Å². The molecule has 1 aromatic carbocycles. The summed E-state index contributed by atoms with van der Waals surface area (Å²) in [7, 11) is 1.39. The van der Waals surface area contributed by atoms with E-state index < -0.39 is 11.9 Å². The molecule has 0 spiro atoms. The van der Waals surface area contributed by atoms with Gasteiger partial charge in [-0.1, -0.05) is 29.3 Å². The average molecular weight is 316 g/mol. The van der Waals surface area contributed by atoms with E-state index in [-0.39, 0.29) is 17.2 Å². The van der Waals surface area contributed by atoms with Crippen LogP contribution < -0.4 is 4.74 Å². The third kappa shape index (κ3) is 3.39. The Hall–Kier alpha value is -1.36. The Bertz CT molecular complexity index is 622. The fourth-order valence-corrected chi connectivity index (χ4v) is 2.33. The molecule has 20 heavy (non-hydrogen) atoms. The minimum absolute atomic E-state index is 0.158. The second kappa shape index (κ2) is 6.39. The van der Waals surface area contributed by atoms with Gasteiger partial charge in [0.15, 0.2) is 11.6 Å². The van der Waals surface area contributed by atoms with Gasteiger partial charge in [0, 0.05) is 12.6 Å². The Balaban J connectivity index is 2.18. The number of hydrogen-bond acceptors (Lipinski definition) is 3. The fourth-order valence-electron chi connectivity index (χ4n) is 1.83. The predicted molar refractivity (Wildman–Crippen MR) is 75.9 cm³/mol. The fraction of sp³-hybridized carbons (Fsp3) is 0.214. The second-order valence-electron chi connectivity index (χ2n) is 4.21. The van der Waals surface area contributed by atoms with Gasteiger partial charge in [-0.3, -0.25) is 4.98 Å². The Kier molecular flexibility index (Phi) is 4.81. The topological polar surface area (TPSA) is 42.4 Å². The first-order valence-corrected chi connectivity index (χ1v) is 6.58. The smallest absolute Gasteiger partial charge is 0.165 e. The standard InChI is InChI=1S/C14H12Cl2FNO2/c1-20-13-3-2-8(4-11(13)17)5-12(19)14-10(16)6-9(15)7-18-14/h2-4,6-7,12,19H,5H2,1H3. The van der Waals surface area contributed by atoms with Gasteiger partial charge in [0.2, 0.25) is 0 Å². The van der Waals surface area contributed by atoms with Crippen molar-refractivity contribution in [1.29, 1.82) is 0 Å². The summed E-state index contributed by atoms with van der Waals surface area (Å²) in [5.74, 6) is -0.321. The second-order valence-corrected chi connectivity index (χ2v) is 5.05. The maximum Gasteiger partial charge on any atom is 0.165 e. The van der Waals surface area contributed by atoms with E-state index in [0.717, 1.165) is 0 Å². The minimum Gasteiger partial charge on any atom is -0.494 e. The molecule has 106 valence electrons. The van der Waals surface area contributed by atoms with Gasteiger partial charge in [-0.15, -0.1) is 0 Å². The summed E-state index contributed by atoms with van der Waals surface area (Å²) in [6.45, 7) is 0. The molecule has 2 aromatic rings. The quantitative estimate of drug-likeness (QED) is 0.932. The van der Waals surface area contributed by atoms with Crippen LogP contribution in [0.25, 0.3) is 0 Å². The van der Waals surface area contributed by atoms with Crippen molar-refractivity contribution in [2.45, 2.75) is 12.5 Å². The highest BCUT2D eigenvalue weighted by Gasteiger charge is 2.15. The molecule has 2 rings (SSSR count). The minimum atomic E-state index is -0.937. The lowest BCUT2D eigenvalue weighted by Crippen LogP contribution is -2.05. The van der Waals surface area contributed by atoms with E-state index >= 15 is 0 Å². The number of methoxy groups -OCH3 is 1. The maximum atomic E-state index is 13.6. The number of nitrogens with zero attached hydrogens (tertiary/aromatic N) is 1. The lowest BCUT2D eigenvalue weighted by Gasteiger charge is -2.12. The first kappa shape index (κ1) is 15.0. The molecule has 0 saturated heterocycles. The number of aromatic nitrogens is 1. The molecule has 1 atom stereocenters. The van der Waals surface area contributed by atoms with Crippen LogP contribution in [0.15, 0.2) is 30.5 Å². The number of rotatable bonds is 4. The third-order valence-corrected chi connectivity index (χ3v) is 3.31. The lowest BCUT2D eigenvalue weighted by atomic mass is 10.0. The number of aliphatic hydroxyl groups excluding tert-OH is 1. The van der Waals surface area contributed by atoms with Gasteiger partial charge < -0.3 is 9.84 Å². The maximum absolute atomic E-state index is 13.6. The molecule has 3 nitrogen and oxygen atoms in total. The highest BCUT2D eigenvalue weighted by Crippen LogP contribution is 2.27. The molecule has 1 aromatic heterocycles. The van der Waals surface area contributed by atoms with Crippen molar-refractivity contribution in [3.8, 4) is 5.75 Å². The molecule has 0 aliphatic heterocycles. The molecule has 0 saturated carbocycles. The molecule has 0 bridgehead atoms. The molecule has 1 N–H and O–H groups in total. The molecule has 0 fully saturated rings. The van der Waals surface area contributed by atoms with Crippen molar-refractivity contribution < 1.29 is 14.2 Å². The number of hydrogen-bond donors (Lipinski definition) is 1. The Morgan fingerprint density at radius 3 is 2.70 bits per heavy atom. The van der Waals surface area contributed by atoms with Gasteiger partial charge >= 0.3 is 0 Å². The largest absolute Gasteiger partial charge is 0.494 e. The summed E-state index contributed by atoms with van der Waals surface area (Å²) in [5, 5.41) is 10.8. The van der Waals surface area contributed by atoms with E-state index in [1.165, 1.54) is 31.5 Å². The van der Waals surface area contributed by atoms with E-state index in [0.29, 0.717) is 16.3 Å². The van der Waals surface area contributed by atoms with Gasteiger partial charge in [0.05, 0.1) is 22.8 Å². The number of benzene rings is 1. The van der Waals surface area contributed by atoms with Crippen LogP contribution in [-0.2, 0) is 6.42 Å². The summed E-state index contributed by atoms with van der Waals surface area (Å²) in [5.41, 5.74) is 0.927. The molecule has 0 radical (unpaired) electrons. The Morgan fingerprint density at radius 1 is 1.35 bits per heavy atom. The molecule has 0 amide bonds. The van der Waals surface area contributed by atoms with Crippen molar-refractivity contribution in [2.75, 3.05) is 7.11 Å². The monoisotopic (exact) mass is 315 g/mol. The van der Waals surface area contributed by atoms with Crippen LogP contribution in [0.4, 0.5) is 4.39 Å². The van der Waals surface area contributed by atoms with Crippen LogP contribution in [-0.4, -0.2) is 17.2 Å². The predicted octanol–water partition coefficient (Wildman–Crippen LogP) is 3.81. The van der Waals surface area contributed by atoms with Gasteiger partial charge in [-0.25, -0.2) is 4.39 Å². The SMILES string of the molecule is COc1ccc(CC(O)c2ncc(Cl)cc2Cl)cc1F. The summed E-state index contributed by atoms with van der Waals surface area (Å²) in [4.78, 5) is 4.00. The highest BCUT2D eigenvalue weighted by atomic mass is 35.5. The first-order valence-electron chi connectivity index (χ1n) is 5.82. The Morgan fingerprint density at radius 2 is 2.10 bits per heavy atom. The molecular weight excluding hydrogens is 304 g/mol. The van der Waals surface area contributed by atoms with Crippen molar-refractivity contribution in [3.63, 3.8) is 0 Å². The average Bonchev–Trinajstić information content (AvgIpc) is 2.38. The van der Waals surface area contributed by atoms with Crippen molar-refractivity contribution >= 4 is 23.2 Å². The van der Waals surface area contributed by atoms with Crippen LogP contribution >= 0.6 is 23.2 Å². The molecule has 0 aliphatic rings. The number of aliphatic hydroxyl groups is 1. The highest BCUT2D eigenvalue weighted by molar-refractivity contribution is 6.34. The number of halogens is 3. The zero-order valence-corrected chi connectivity index (χ0v) is 12.1. The first-order chi connectivity index (χ1) is 9.51. The van der Waals surface area contributed by atoms with Gasteiger partial charge in [-0.05, 0) is 23.8 Å². The molecule has 1 heterocycles. The van der Waals surface area contributed by atoms with Crippen molar-refractivity contribution in [1.82, 2.24) is 4.98 Å². The van der Waals surface area contributed by atoms with Gasteiger partial charge in [0.25, 0.3) is 0 Å². The summed E-state index contributed by atoms with van der Waals surface area (Å²) in [6.07, 6.45) is 0.656. The zero-order valence-electron chi connectivity index (χ0n) is 10.6.